The molecule has 1 aromatic rings. The Balaban J connectivity index is 0.000000318. The molecular weight excluding hydrogens is 412 g/mol. The standard InChI is InChI=1S/C17H21FN2O3.C2HF3O2/c18-14-2-1-6-19-16(14)22-9-13-5-7-23-17(13)10-20(11-17)15(21)8-12-3-4-12;3-2(4,5)1(6)7/h1-2,6,12-13H,3-5,7-11H2;(H,6,7). The number of carboxylic acids is 1. The van der Waals surface area contributed by atoms with Crippen LogP contribution in [-0.2, 0) is 14.3 Å². The highest BCUT2D eigenvalue weighted by molar-refractivity contribution is 5.78. The van der Waals surface area contributed by atoms with Crippen LogP contribution in [0.25, 0.3) is 0 Å². The molecule has 30 heavy (non-hydrogen) atoms. The molecule has 2 aliphatic heterocycles. The molecular formula is C19H22F4N2O5. The van der Waals surface area contributed by atoms with Gasteiger partial charge in [0.05, 0.1) is 19.7 Å². The van der Waals surface area contributed by atoms with E-state index < -0.39 is 18.0 Å². The van der Waals surface area contributed by atoms with Gasteiger partial charge in [-0.15, -0.1) is 0 Å². The summed E-state index contributed by atoms with van der Waals surface area (Å²) in [5.41, 5.74) is -0.301. The minimum atomic E-state index is -5.08. The molecule has 4 rings (SSSR count). The number of hydrogen-bond acceptors (Lipinski definition) is 5. The molecule has 1 spiro atoms. The van der Waals surface area contributed by atoms with Crippen molar-refractivity contribution in [1.82, 2.24) is 9.88 Å². The van der Waals surface area contributed by atoms with Crippen LogP contribution in [0.4, 0.5) is 17.6 Å². The number of alkyl halides is 3. The van der Waals surface area contributed by atoms with E-state index in [1.165, 1.54) is 31.2 Å². The topological polar surface area (TPSA) is 89.0 Å². The molecule has 7 nitrogen and oxygen atoms in total. The number of hydrogen-bond donors (Lipinski definition) is 1. The van der Waals surface area contributed by atoms with Gasteiger partial charge in [0.15, 0.2) is 5.82 Å². The van der Waals surface area contributed by atoms with Gasteiger partial charge < -0.3 is 19.5 Å². The van der Waals surface area contributed by atoms with E-state index in [-0.39, 0.29) is 23.3 Å². The molecule has 1 unspecified atom stereocenters. The number of halogens is 4. The smallest absolute Gasteiger partial charge is 0.475 e. The number of carboxylic acid groups (broad SMARTS) is 1. The fourth-order valence-corrected chi connectivity index (χ4v) is 3.50. The maximum atomic E-state index is 13.6. The zero-order chi connectivity index (χ0) is 21.9. The molecule has 2 saturated heterocycles. The van der Waals surface area contributed by atoms with Crippen LogP contribution in [-0.4, -0.2) is 64.9 Å². The third kappa shape index (κ3) is 5.38. The number of carbonyl (C=O) groups is 2. The van der Waals surface area contributed by atoms with Crippen LogP contribution >= 0.6 is 0 Å². The van der Waals surface area contributed by atoms with Crippen molar-refractivity contribution in [1.29, 1.82) is 0 Å². The summed E-state index contributed by atoms with van der Waals surface area (Å²) in [6.45, 7) is 2.32. The van der Waals surface area contributed by atoms with E-state index in [0.29, 0.717) is 38.6 Å². The highest BCUT2D eigenvalue weighted by Crippen LogP contribution is 2.41. The van der Waals surface area contributed by atoms with Crippen LogP contribution < -0.4 is 4.74 Å². The summed E-state index contributed by atoms with van der Waals surface area (Å²) in [6, 6.07) is 2.88. The lowest BCUT2D eigenvalue weighted by atomic mass is 9.81. The van der Waals surface area contributed by atoms with Gasteiger partial charge in [-0.05, 0) is 37.3 Å². The summed E-state index contributed by atoms with van der Waals surface area (Å²) in [5, 5.41) is 7.12. The van der Waals surface area contributed by atoms with Crippen molar-refractivity contribution in [2.24, 2.45) is 11.8 Å². The van der Waals surface area contributed by atoms with Crippen LogP contribution in [0, 0.1) is 17.7 Å². The van der Waals surface area contributed by atoms with E-state index in [2.05, 4.69) is 4.98 Å². The first kappa shape index (κ1) is 22.3. The van der Waals surface area contributed by atoms with Gasteiger partial charge in [-0.1, -0.05) is 0 Å². The monoisotopic (exact) mass is 434 g/mol. The first-order valence-electron chi connectivity index (χ1n) is 9.56. The summed E-state index contributed by atoms with van der Waals surface area (Å²) in [6.07, 6.45) is 0.358. The van der Waals surface area contributed by atoms with Gasteiger partial charge in [0.1, 0.15) is 5.60 Å². The Kier molecular flexibility index (Phi) is 6.49. The van der Waals surface area contributed by atoms with E-state index in [4.69, 9.17) is 19.4 Å². The van der Waals surface area contributed by atoms with Crippen LogP contribution in [0.2, 0.25) is 0 Å². The van der Waals surface area contributed by atoms with Gasteiger partial charge in [-0.3, -0.25) is 4.79 Å². The van der Waals surface area contributed by atoms with Gasteiger partial charge in [0, 0.05) is 25.1 Å². The molecule has 166 valence electrons. The Hall–Kier alpha value is -2.43. The fraction of sp³-hybridized carbons (Fsp3) is 0.632. The lowest BCUT2D eigenvalue weighted by Gasteiger charge is -2.50. The molecule has 1 amide bonds. The SMILES string of the molecule is O=C(CC1CC1)N1CC2(C1)OCCC2COc1ncccc1F.O=C(O)C(F)(F)F. The molecule has 1 atom stereocenters. The average Bonchev–Trinajstić information content (AvgIpc) is 3.35. The number of amides is 1. The summed E-state index contributed by atoms with van der Waals surface area (Å²) in [7, 11) is 0. The molecule has 3 fully saturated rings. The zero-order valence-electron chi connectivity index (χ0n) is 16.0. The Labute approximate surface area is 170 Å². The van der Waals surface area contributed by atoms with E-state index in [1.54, 1.807) is 0 Å². The molecule has 0 aromatic carbocycles. The molecule has 0 bridgehead atoms. The van der Waals surface area contributed by atoms with Crippen LogP contribution in [0.15, 0.2) is 18.3 Å². The van der Waals surface area contributed by atoms with Crippen LogP contribution in [0.1, 0.15) is 25.7 Å². The quantitative estimate of drug-likeness (QED) is 0.717. The van der Waals surface area contributed by atoms with Gasteiger partial charge in [-0.2, -0.15) is 13.2 Å². The second kappa shape index (κ2) is 8.75. The predicted octanol–water partition coefficient (Wildman–Crippen LogP) is 2.65. The van der Waals surface area contributed by atoms with E-state index in [1.807, 2.05) is 4.90 Å². The lowest BCUT2D eigenvalue weighted by Crippen LogP contribution is -2.66. The second-order valence-electron chi connectivity index (χ2n) is 7.70. The van der Waals surface area contributed by atoms with Gasteiger partial charge >= 0.3 is 12.1 Å². The Morgan fingerprint density at radius 1 is 1.30 bits per heavy atom. The van der Waals surface area contributed by atoms with Gasteiger partial charge in [0.25, 0.3) is 0 Å². The number of aromatic nitrogens is 1. The summed E-state index contributed by atoms with van der Waals surface area (Å²) in [5.74, 6) is -2.15. The molecule has 1 aliphatic carbocycles. The fourth-order valence-electron chi connectivity index (χ4n) is 3.50. The maximum absolute atomic E-state index is 13.6. The average molecular weight is 434 g/mol. The van der Waals surface area contributed by atoms with E-state index >= 15 is 0 Å². The summed E-state index contributed by atoms with van der Waals surface area (Å²) >= 11 is 0. The van der Waals surface area contributed by atoms with E-state index in [9.17, 15) is 22.4 Å². The summed E-state index contributed by atoms with van der Waals surface area (Å²) in [4.78, 5) is 26.8. The number of ether oxygens (including phenoxy) is 2. The number of aliphatic carboxylic acids is 1. The highest BCUT2D eigenvalue weighted by Gasteiger charge is 2.54. The van der Waals surface area contributed by atoms with Crippen molar-refractivity contribution in [3.63, 3.8) is 0 Å². The third-order valence-corrected chi connectivity index (χ3v) is 5.42. The number of likely N-dealkylation sites (tertiary alicyclic amines) is 1. The molecule has 1 saturated carbocycles. The van der Waals surface area contributed by atoms with Crippen molar-refractivity contribution >= 4 is 11.9 Å². The number of nitrogens with zero attached hydrogens (tertiary/aromatic N) is 2. The van der Waals surface area contributed by atoms with Crippen LogP contribution in [0.5, 0.6) is 5.88 Å². The molecule has 1 aromatic heterocycles. The molecule has 3 heterocycles. The van der Waals surface area contributed by atoms with Gasteiger partial charge in [-0.25, -0.2) is 14.2 Å². The van der Waals surface area contributed by atoms with Crippen molar-refractivity contribution in [3.05, 3.63) is 24.1 Å². The second-order valence-corrected chi connectivity index (χ2v) is 7.70. The highest BCUT2D eigenvalue weighted by atomic mass is 19.4. The number of rotatable bonds is 5. The molecule has 1 N–H and O–H groups in total. The minimum absolute atomic E-state index is 0.0375. The Morgan fingerprint density at radius 3 is 2.53 bits per heavy atom. The largest absolute Gasteiger partial charge is 0.490 e. The van der Waals surface area contributed by atoms with E-state index in [0.717, 1.165) is 6.42 Å². The first-order chi connectivity index (χ1) is 14.1. The zero-order valence-corrected chi connectivity index (χ0v) is 16.0. The Morgan fingerprint density at radius 2 is 1.97 bits per heavy atom. The van der Waals surface area contributed by atoms with Crippen molar-refractivity contribution in [2.45, 2.75) is 37.5 Å². The number of pyridine rings is 1. The van der Waals surface area contributed by atoms with Crippen molar-refractivity contribution < 1.29 is 41.7 Å². The van der Waals surface area contributed by atoms with Crippen molar-refractivity contribution in [3.8, 4) is 5.88 Å². The molecule has 0 radical (unpaired) electrons. The predicted molar refractivity (Wildman–Crippen MR) is 94.1 cm³/mol. The first-order valence-corrected chi connectivity index (χ1v) is 9.56. The van der Waals surface area contributed by atoms with Crippen LogP contribution in [0.3, 0.4) is 0 Å². The maximum Gasteiger partial charge on any atom is 0.490 e. The lowest BCUT2D eigenvalue weighted by molar-refractivity contribution is -0.192. The Bertz CT molecular complexity index is 778. The minimum Gasteiger partial charge on any atom is -0.475 e. The third-order valence-electron chi connectivity index (χ3n) is 5.42. The molecule has 11 heteroatoms. The van der Waals surface area contributed by atoms with Crippen molar-refractivity contribution in [2.75, 3.05) is 26.3 Å². The molecule has 3 aliphatic rings. The normalized spacial score (nSPS) is 22.1. The van der Waals surface area contributed by atoms with Gasteiger partial charge in [0.2, 0.25) is 11.8 Å². The number of carbonyl (C=O) groups excluding carboxylic acids is 1. The summed E-state index contributed by atoms with van der Waals surface area (Å²) < 4.78 is 56.8.